The molecule has 0 heterocycles. The van der Waals surface area contributed by atoms with Crippen molar-refractivity contribution in [2.24, 2.45) is 0 Å². The first-order chi connectivity index (χ1) is 9.19. The van der Waals surface area contributed by atoms with Crippen LogP contribution in [0.1, 0.15) is 43.6 Å². The summed E-state index contributed by atoms with van der Waals surface area (Å²) in [5.41, 5.74) is 1.39. The van der Waals surface area contributed by atoms with Crippen LogP contribution in [0.3, 0.4) is 0 Å². The molecular formula is C16H19BrO2. The van der Waals surface area contributed by atoms with E-state index in [1.54, 1.807) is 6.08 Å². The second-order valence-electron chi connectivity index (χ2n) is 5.01. The fourth-order valence-corrected chi connectivity index (χ4v) is 2.87. The van der Waals surface area contributed by atoms with Crippen LogP contribution in [0, 0.1) is 0 Å². The van der Waals surface area contributed by atoms with Crippen molar-refractivity contribution in [2.75, 3.05) is 0 Å². The Morgan fingerprint density at radius 2 is 1.89 bits per heavy atom. The lowest BCUT2D eigenvalue weighted by molar-refractivity contribution is -0.149. The molecule has 1 fully saturated rings. The van der Waals surface area contributed by atoms with Gasteiger partial charge in [0.2, 0.25) is 0 Å². The number of hydrogen-bond acceptors (Lipinski definition) is 2. The van der Waals surface area contributed by atoms with Crippen molar-refractivity contribution in [1.82, 2.24) is 0 Å². The van der Waals surface area contributed by atoms with Crippen molar-refractivity contribution < 1.29 is 9.53 Å². The lowest BCUT2D eigenvalue weighted by Crippen LogP contribution is -2.23. The van der Waals surface area contributed by atoms with E-state index in [0.717, 1.165) is 30.2 Å². The van der Waals surface area contributed by atoms with Crippen molar-refractivity contribution in [3.05, 3.63) is 47.0 Å². The number of carbonyl (C=O) groups excluding carboxylic acids is 1. The first kappa shape index (κ1) is 14.3. The SMILES string of the molecule is C=CCC(=O)O[C@H]1CC[C@H](c2ccc(Br)cc2)CC1. The average molecular weight is 323 g/mol. The molecule has 19 heavy (non-hydrogen) atoms. The van der Waals surface area contributed by atoms with Gasteiger partial charge in [0.25, 0.3) is 0 Å². The average Bonchev–Trinajstić information content (AvgIpc) is 2.41. The third kappa shape index (κ3) is 4.20. The predicted octanol–water partition coefficient (Wildman–Crippen LogP) is 4.59. The van der Waals surface area contributed by atoms with Crippen LogP contribution < -0.4 is 0 Å². The molecule has 1 aromatic carbocycles. The monoisotopic (exact) mass is 322 g/mol. The summed E-state index contributed by atoms with van der Waals surface area (Å²) in [7, 11) is 0. The van der Waals surface area contributed by atoms with E-state index in [1.807, 2.05) is 0 Å². The molecule has 0 aliphatic heterocycles. The molecule has 0 unspecified atom stereocenters. The van der Waals surface area contributed by atoms with Gasteiger partial charge in [-0.15, -0.1) is 6.58 Å². The molecule has 1 aliphatic carbocycles. The fourth-order valence-electron chi connectivity index (χ4n) is 2.60. The summed E-state index contributed by atoms with van der Waals surface area (Å²) in [5.74, 6) is 0.449. The summed E-state index contributed by atoms with van der Waals surface area (Å²) >= 11 is 3.46. The number of hydrogen-bond donors (Lipinski definition) is 0. The fraction of sp³-hybridized carbons (Fsp3) is 0.438. The highest BCUT2D eigenvalue weighted by atomic mass is 79.9. The van der Waals surface area contributed by atoms with Gasteiger partial charge in [-0.05, 0) is 49.3 Å². The molecule has 102 valence electrons. The molecule has 0 radical (unpaired) electrons. The van der Waals surface area contributed by atoms with E-state index in [-0.39, 0.29) is 12.1 Å². The van der Waals surface area contributed by atoms with Gasteiger partial charge >= 0.3 is 5.97 Å². The van der Waals surface area contributed by atoms with Crippen LogP contribution in [0.25, 0.3) is 0 Å². The molecule has 0 atom stereocenters. The van der Waals surface area contributed by atoms with E-state index >= 15 is 0 Å². The highest BCUT2D eigenvalue weighted by Crippen LogP contribution is 2.34. The van der Waals surface area contributed by atoms with E-state index in [9.17, 15) is 4.79 Å². The Labute approximate surface area is 123 Å². The highest BCUT2D eigenvalue weighted by molar-refractivity contribution is 9.10. The van der Waals surface area contributed by atoms with Crippen molar-refractivity contribution in [3.63, 3.8) is 0 Å². The summed E-state index contributed by atoms with van der Waals surface area (Å²) in [6.45, 7) is 3.55. The van der Waals surface area contributed by atoms with Crippen LogP contribution in [0.2, 0.25) is 0 Å². The molecule has 2 rings (SSSR count). The summed E-state index contributed by atoms with van der Waals surface area (Å²) in [4.78, 5) is 11.4. The second kappa shape index (κ2) is 6.90. The lowest BCUT2D eigenvalue weighted by atomic mass is 9.83. The Morgan fingerprint density at radius 3 is 2.47 bits per heavy atom. The summed E-state index contributed by atoms with van der Waals surface area (Å²) in [6.07, 6.45) is 6.11. The van der Waals surface area contributed by atoms with Gasteiger partial charge in [0.1, 0.15) is 6.10 Å². The molecule has 0 amide bonds. The topological polar surface area (TPSA) is 26.3 Å². The molecule has 0 saturated heterocycles. The van der Waals surface area contributed by atoms with Crippen molar-refractivity contribution in [2.45, 2.75) is 44.1 Å². The molecule has 0 bridgehead atoms. The standard InChI is InChI=1S/C16H19BrO2/c1-2-3-16(18)19-15-10-6-13(7-11-15)12-4-8-14(17)9-5-12/h2,4-5,8-9,13,15H,1,3,6-7,10-11H2/t13-,15-. The number of benzene rings is 1. The molecule has 0 spiro atoms. The van der Waals surface area contributed by atoms with Gasteiger partial charge in [-0.2, -0.15) is 0 Å². The Kier molecular flexibility index (Phi) is 5.20. The lowest BCUT2D eigenvalue weighted by Gasteiger charge is -2.28. The van der Waals surface area contributed by atoms with Crippen molar-refractivity contribution in [3.8, 4) is 0 Å². The van der Waals surface area contributed by atoms with Crippen LogP contribution in [0.4, 0.5) is 0 Å². The Hall–Kier alpha value is -1.09. The number of carbonyl (C=O) groups is 1. The van der Waals surface area contributed by atoms with E-state index in [0.29, 0.717) is 12.3 Å². The maximum atomic E-state index is 11.4. The quantitative estimate of drug-likeness (QED) is 0.598. The van der Waals surface area contributed by atoms with Gasteiger partial charge in [0, 0.05) is 4.47 Å². The maximum Gasteiger partial charge on any atom is 0.309 e. The van der Waals surface area contributed by atoms with Gasteiger partial charge in [-0.3, -0.25) is 4.79 Å². The van der Waals surface area contributed by atoms with E-state index in [1.165, 1.54) is 5.56 Å². The van der Waals surface area contributed by atoms with Crippen LogP contribution in [-0.2, 0) is 9.53 Å². The molecule has 0 N–H and O–H groups in total. The minimum Gasteiger partial charge on any atom is -0.462 e. The molecule has 0 aromatic heterocycles. The first-order valence-electron chi connectivity index (χ1n) is 6.75. The van der Waals surface area contributed by atoms with Gasteiger partial charge in [-0.1, -0.05) is 34.1 Å². The molecular weight excluding hydrogens is 304 g/mol. The number of ether oxygens (including phenoxy) is 1. The zero-order chi connectivity index (χ0) is 13.7. The highest BCUT2D eigenvalue weighted by Gasteiger charge is 2.24. The molecule has 1 aromatic rings. The second-order valence-corrected chi connectivity index (χ2v) is 5.92. The van der Waals surface area contributed by atoms with E-state index in [4.69, 9.17) is 4.74 Å². The number of rotatable bonds is 4. The van der Waals surface area contributed by atoms with Crippen LogP contribution in [0.15, 0.2) is 41.4 Å². The number of halogens is 1. The first-order valence-corrected chi connectivity index (χ1v) is 7.54. The Bertz CT molecular complexity index is 431. The van der Waals surface area contributed by atoms with Gasteiger partial charge < -0.3 is 4.74 Å². The van der Waals surface area contributed by atoms with E-state index in [2.05, 4.69) is 46.8 Å². The predicted molar refractivity (Wildman–Crippen MR) is 80.0 cm³/mol. The zero-order valence-corrected chi connectivity index (χ0v) is 12.6. The molecule has 2 nitrogen and oxygen atoms in total. The molecule has 1 saturated carbocycles. The van der Waals surface area contributed by atoms with Gasteiger partial charge in [-0.25, -0.2) is 0 Å². The number of esters is 1. The Balaban J connectivity index is 1.83. The van der Waals surface area contributed by atoms with Crippen LogP contribution in [-0.4, -0.2) is 12.1 Å². The van der Waals surface area contributed by atoms with Gasteiger partial charge in [0.05, 0.1) is 6.42 Å². The third-order valence-electron chi connectivity index (χ3n) is 3.62. The summed E-state index contributed by atoms with van der Waals surface area (Å²) in [6, 6.07) is 8.54. The summed E-state index contributed by atoms with van der Waals surface area (Å²) < 4.78 is 6.53. The summed E-state index contributed by atoms with van der Waals surface area (Å²) in [5, 5.41) is 0. The largest absolute Gasteiger partial charge is 0.462 e. The maximum absolute atomic E-state index is 11.4. The van der Waals surface area contributed by atoms with Gasteiger partial charge in [0.15, 0.2) is 0 Å². The normalized spacial score (nSPS) is 22.8. The third-order valence-corrected chi connectivity index (χ3v) is 4.15. The Morgan fingerprint density at radius 1 is 1.26 bits per heavy atom. The molecule has 3 heteroatoms. The minimum absolute atomic E-state index is 0.0964. The minimum atomic E-state index is -0.151. The van der Waals surface area contributed by atoms with Crippen LogP contribution in [0.5, 0.6) is 0 Å². The molecule has 1 aliphatic rings. The van der Waals surface area contributed by atoms with Crippen molar-refractivity contribution >= 4 is 21.9 Å². The van der Waals surface area contributed by atoms with Crippen molar-refractivity contribution in [1.29, 1.82) is 0 Å². The van der Waals surface area contributed by atoms with E-state index < -0.39 is 0 Å². The van der Waals surface area contributed by atoms with Crippen LogP contribution >= 0.6 is 15.9 Å². The zero-order valence-electron chi connectivity index (χ0n) is 11.0. The smallest absolute Gasteiger partial charge is 0.309 e.